The first-order valence-corrected chi connectivity index (χ1v) is 6.56. The molecule has 0 unspecified atom stereocenters. The van der Waals surface area contributed by atoms with Gasteiger partial charge in [0.1, 0.15) is 11.4 Å². The fraction of sp³-hybridized carbons (Fsp3) is 0.267. The molecule has 5 heteroatoms. The van der Waals surface area contributed by atoms with Crippen molar-refractivity contribution < 1.29 is 9.53 Å². The lowest BCUT2D eigenvalue weighted by molar-refractivity contribution is 0.0949. The molecule has 0 radical (unpaired) electrons. The van der Waals surface area contributed by atoms with E-state index in [1.54, 1.807) is 25.3 Å². The lowest BCUT2D eigenvalue weighted by atomic mass is 10.1. The van der Waals surface area contributed by atoms with E-state index in [4.69, 9.17) is 10.5 Å². The number of nitrogens with two attached hydrogens (primary N) is 1. The van der Waals surface area contributed by atoms with E-state index in [0.717, 1.165) is 23.4 Å². The van der Waals surface area contributed by atoms with Crippen molar-refractivity contribution >= 4 is 11.6 Å². The average molecular weight is 273 g/mol. The van der Waals surface area contributed by atoms with Crippen LogP contribution in [0.1, 0.15) is 23.8 Å². The van der Waals surface area contributed by atoms with Crippen LogP contribution in [-0.2, 0) is 0 Å². The summed E-state index contributed by atoms with van der Waals surface area (Å²) in [5, 5.41) is 2.82. The second kappa shape index (κ2) is 6.14. The number of rotatable bonds is 5. The Hall–Kier alpha value is -2.43. The average Bonchev–Trinajstić information content (AvgIpc) is 2.95. The van der Waals surface area contributed by atoms with E-state index < -0.39 is 0 Å². The molecule has 0 spiro atoms. The molecule has 20 heavy (non-hydrogen) atoms. The monoisotopic (exact) mass is 273 g/mol. The maximum Gasteiger partial charge on any atom is 0.267 e. The lowest BCUT2D eigenvalue weighted by Gasteiger charge is -2.07. The fourth-order valence-corrected chi connectivity index (χ4v) is 1.91. The van der Waals surface area contributed by atoms with Gasteiger partial charge in [-0.2, -0.15) is 0 Å². The molecule has 0 saturated heterocycles. The van der Waals surface area contributed by atoms with E-state index in [1.807, 2.05) is 19.1 Å². The van der Waals surface area contributed by atoms with Gasteiger partial charge in [-0.25, -0.2) is 0 Å². The molecule has 1 aromatic heterocycles. The molecule has 0 fully saturated rings. The normalized spacial score (nSPS) is 10.3. The zero-order valence-electron chi connectivity index (χ0n) is 11.7. The van der Waals surface area contributed by atoms with Gasteiger partial charge in [-0.1, -0.05) is 6.92 Å². The molecule has 0 aliphatic rings. The molecule has 2 aromatic rings. The summed E-state index contributed by atoms with van der Waals surface area (Å²) in [6.45, 7) is 2.67. The second-order valence-electron chi connectivity index (χ2n) is 4.49. The van der Waals surface area contributed by atoms with Crippen LogP contribution >= 0.6 is 0 Å². The molecule has 1 aromatic carbocycles. The Labute approximate surface area is 118 Å². The van der Waals surface area contributed by atoms with Crippen LogP contribution in [0.2, 0.25) is 0 Å². The summed E-state index contributed by atoms with van der Waals surface area (Å²) in [5.74, 6) is 0.611. The number of carbonyl (C=O) groups is 1. The van der Waals surface area contributed by atoms with Gasteiger partial charge in [0.2, 0.25) is 0 Å². The highest BCUT2D eigenvalue weighted by Gasteiger charge is 2.11. The van der Waals surface area contributed by atoms with Gasteiger partial charge < -0.3 is 20.8 Å². The van der Waals surface area contributed by atoms with Gasteiger partial charge in [0, 0.05) is 23.5 Å². The SMILES string of the molecule is CCCNC(=O)c1ccc(-c2cc(OC)ccc2N)[nH]1. The maximum atomic E-state index is 11.9. The molecular formula is C15H19N3O2. The quantitative estimate of drug-likeness (QED) is 0.732. The van der Waals surface area contributed by atoms with Crippen molar-refractivity contribution in [1.82, 2.24) is 10.3 Å². The number of hydrogen-bond donors (Lipinski definition) is 3. The minimum atomic E-state index is -0.112. The van der Waals surface area contributed by atoms with Gasteiger partial charge in [0.05, 0.1) is 7.11 Å². The van der Waals surface area contributed by atoms with E-state index in [-0.39, 0.29) is 5.91 Å². The van der Waals surface area contributed by atoms with Crippen LogP contribution in [0.3, 0.4) is 0 Å². The molecule has 1 heterocycles. The second-order valence-corrected chi connectivity index (χ2v) is 4.49. The number of anilines is 1. The Kier molecular flexibility index (Phi) is 4.30. The lowest BCUT2D eigenvalue weighted by Crippen LogP contribution is -2.24. The van der Waals surface area contributed by atoms with Gasteiger partial charge in [-0.15, -0.1) is 0 Å². The third-order valence-corrected chi connectivity index (χ3v) is 3.02. The highest BCUT2D eigenvalue weighted by Crippen LogP contribution is 2.29. The van der Waals surface area contributed by atoms with Crippen LogP contribution in [-0.4, -0.2) is 24.5 Å². The Morgan fingerprint density at radius 2 is 2.15 bits per heavy atom. The summed E-state index contributed by atoms with van der Waals surface area (Å²) >= 11 is 0. The number of amides is 1. The molecule has 0 aliphatic heterocycles. The highest BCUT2D eigenvalue weighted by atomic mass is 16.5. The van der Waals surface area contributed by atoms with Crippen molar-refractivity contribution in [3.8, 4) is 17.0 Å². The molecule has 0 bridgehead atoms. The molecular weight excluding hydrogens is 254 g/mol. The highest BCUT2D eigenvalue weighted by molar-refractivity contribution is 5.93. The number of methoxy groups -OCH3 is 1. The third kappa shape index (κ3) is 2.93. The van der Waals surface area contributed by atoms with Crippen molar-refractivity contribution in [2.75, 3.05) is 19.4 Å². The van der Waals surface area contributed by atoms with E-state index in [9.17, 15) is 4.79 Å². The van der Waals surface area contributed by atoms with Crippen LogP contribution in [0, 0.1) is 0 Å². The number of carbonyl (C=O) groups excluding carboxylic acids is 1. The van der Waals surface area contributed by atoms with Crippen LogP contribution in [0.5, 0.6) is 5.75 Å². The summed E-state index contributed by atoms with van der Waals surface area (Å²) in [7, 11) is 1.60. The zero-order chi connectivity index (χ0) is 14.5. The first kappa shape index (κ1) is 14.0. The largest absolute Gasteiger partial charge is 0.497 e. The van der Waals surface area contributed by atoms with Gasteiger partial charge in [0.15, 0.2) is 0 Å². The number of ether oxygens (including phenoxy) is 1. The number of aromatic nitrogens is 1. The first-order valence-electron chi connectivity index (χ1n) is 6.56. The van der Waals surface area contributed by atoms with Gasteiger partial charge >= 0.3 is 0 Å². The number of aromatic amines is 1. The van der Waals surface area contributed by atoms with Crippen LogP contribution in [0.25, 0.3) is 11.3 Å². The topological polar surface area (TPSA) is 80.1 Å². The Morgan fingerprint density at radius 3 is 2.85 bits per heavy atom. The molecule has 0 atom stereocenters. The summed E-state index contributed by atoms with van der Waals surface area (Å²) in [4.78, 5) is 14.9. The number of hydrogen-bond acceptors (Lipinski definition) is 3. The van der Waals surface area contributed by atoms with E-state index >= 15 is 0 Å². The fourth-order valence-electron chi connectivity index (χ4n) is 1.91. The molecule has 5 nitrogen and oxygen atoms in total. The summed E-state index contributed by atoms with van der Waals surface area (Å²) in [5.41, 5.74) is 8.73. The molecule has 0 saturated carbocycles. The predicted molar refractivity (Wildman–Crippen MR) is 79.8 cm³/mol. The van der Waals surface area contributed by atoms with E-state index in [2.05, 4.69) is 10.3 Å². The van der Waals surface area contributed by atoms with E-state index in [1.165, 1.54) is 0 Å². The van der Waals surface area contributed by atoms with Crippen molar-refractivity contribution in [3.63, 3.8) is 0 Å². The minimum Gasteiger partial charge on any atom is -0.497 e. The van der Waals surface area contributed by atoms with Gasteiger partial charge in [0.25, 0.3) is 5.91 Å². The zero-order valence-corrected chi connectivity index (χ0v) is 11.7. The van der Waals surface area contributed by atoms with Crippen molar-refractivity contribution in [3.05, 3.63) is 36.0 Å². The maximum absolute atomic E-state index is 11.9. The number of nitrogens with one attached hydrogen (secondary N) is 2. The standard InChI is InChI=1S/C15H19N3O2/c1-3-8-17-15(19)14-7-6-13(18-14)11-9-10(20-2)4-5-12(11)16/h4-7,9,18H,3,8,16H2,1-2H3,(H,17,19). The molecule has 4 N–H and O–H groups in total. The molecule has 2 rings (SSSR count). The van der Waals surface area contributed by atoms with Crippen molar-refractivity contribution in [1.29, 1.82) is 0 Å². The van der Waals surface area contributed by atoms with Gasteiger partial charge in [-0.3, -0.25) is 4.79 Å². The smallest absolute Gasteiger partial charge is 0.267 e. The molecule has 106 valence electrons. The number of H-pyrrole nitrogens is 1. The summed E-state index contributed by atoms with van der Waals surface area (Å²) < 4.78 is 5.19. The minimum absolute atomic E-state index is 0.112. The van der Waals surface area contributed by atoms with E-state index in [0.29, 0.717) is 17.9 Å². The number of nitrogen functional groups attached to an aromatic ring is 1. The van der Waals surface area contributed by atoms with Crippen LogP contribution in [0.15, 0.2) is 30.3 Å². The summed E-state index contributed by atoms with van der Waals surface area (Å²) in [6.07, 6.45) is 0.905. The summed E-state index contributed by atoms with van der Waals surface area (Å²) in [6, 6.07) is 9.02. The molecule has 1 amide bonds. The van der Waals surface area contributed by atoms with Crippen molar-refractivity contribution in [2.24, 2.45) is 0 Å². The third-order valence-electron chi connectivity index (χ3n) is 3.02. The number of benzene rings is 1. The van der Waals surface area contributed by atoms with Crippen LogP contribution in [0.4, 0.5) is 5.69 Å². The van der Waals surface area contributed by atoms with Crippen molar-refractivity contribution in [2.45, 2.75) is 13.3 Å². The van der Waals surface area contributed by atoms with Gasteiger partial charge in [-0.05, 0) is 36.8 Å². The Balaban J connectivity index is 2.26. The Bertz CT molecular complexity index is 605. The molecule has 0 aliphatic carbocycles. The first-order chi connectivity index (χ1) is 9.65. The predicted octanol–water partition coefficient (Wildman–Crippen LogP) is 2.41. The Morgan fingerprint density at radius 1 is 1.35 bits per heavy atom. The van der Waals surface area contributed by atoms with Crippen LogP contribution < -0.4 is 15.8 Å².